The predicted octanol–water partition coefficient (Wildman–Crippen LogP) is 2.25. The van der Waals surface area contributed by atoms with Crippen molar-refractivity contribution in [2.45, 2.75) is 6.54 Å². The number of aromatic amines is 2. The van der Waals surface area contributed by atoms with E-state index < -0.39 is 11.4 Å². The highest BCUT2D eigenvalue weighted by molar-refractivity contribution is 5.98. The fourth-order valence-corrected chi connectivity index (χ4v) is 2.87. The Labute approximate surface area is 135 Å². The number of benzene rings is 2. The Kier molecular flexibility index (Phi) is 3.10. The van der Waals surface area contributed by atoms with Gasteiger partial charge in [-0.25, -0.2) is 9.37 Å². The van der Waals surface area contributed by atoms with Gasteiger partial charge < -0.3 is 21.4 Å². The Balaban J connectivity index is 2.02. The van der Waals surface area contributed by atoms with Gasteiger partial charge in [0.1, 0.15) is 17.2 Å². The lowest BCUT2D eigenvalue weighted by Crippen LogP contribution is -2.13. The Morgan fingerprint density at radius 2 is 1.96 bits per heavy atom. The van der Waals surface area contributed by atoms with E-state index in [9.17, 15) is 9.18 Å². The summed E-state index contributed by atoms with van der Waals surface area (Å²) in [6.45, 7) is 0.397. The van der Waals surface area contributed by atoms with Crippen LogP contribution in [-0.4, -0.2) is 15.0 Å². The number of halogens is 1. The number of nitrogen functional groups attached to an aromatic ring is 1. The number of rotatable bonds is 2. The van der Waals surface area contributed by atoms with Gasteiger partial charge in [0.2, 0.25) is 0 Å². The van der Waals surface area contributed by atoms with Gasteiger partial charge in [0.15, 0.2) is 0 Å². The van der Waals surface area contributed by atoms with Crippen LogP contribution in [0.4, 0.5) is 10.1 Å². The van der Waals surface area contributed by atoms with E-state index >= 15 is 0 Å². The molecule has 0 spiro atoms. The van der Waals surface area contributed by atoms with Gasteiger partial charge in [-0.3, -0.25) is 4.79 Å². The van der Waals surface area contributed by atoms with E-state index in [1.807, 2.05) is 18.2 Å². The Bertz CT molecular complexity index is 1150. The van der Waals surface area contributed by atoms with Gasteiger partial charge in [-0.2, -0.15) is 0 Å². The first-order valence-electron chi connectivity index (χ1n) is 7.37. The van der Waals surface area contributed by atoms with Crippen molar-refractivity contribution in [3.8, 4) is 11.4 Å². The number of pyridine rings is 1. The average Bonchev–Trinajstić information content (AvgIpc) is 2.96. The molecule has 0 unspecified atom stereocenters. The van der Waals surface area contributed by atoms with E-state index in [1.165, 1.54) is 12.1 Å². The number of nitrogens with one attached hydrogen (secondary N) is 2. The molecule has 2 aromatic carbocycles. The van der Waals surface area contributed by atoms with Crippen LogP contribution in [0.3, 0.4) is 0 Å². The fourth-order valence-electron chi connectivity index (χ4n) is 2.87. The number of H-pyrrole nitrogens is 2. The smallest absolute Gasteiger partial charge is 0.261 e. The first-order valence-corrected chi connectivity index (χ1v) is 7.37. The lowest BCUT2D eigenvalue weighted by Gasteiger charge is -2.07. The highest BCUT2D eigenvalue weighted by Gasteiger charge is 2.17. The lowest BCUT2D eigenvalue weighted by molar-refractivity contribution is 0.640. The van der Waals surface area contributed by atoms with Crippen molar-refractivity contribution >= 4 is 27.6 Å². The van der Waals surface area contributed by atoms with Crippen LogP contribution in [0, 0.1) is 5.82 Å². The number of aromatic nitrogens is 3. The predicted molar refractivity (Wildman–Crippen MR) is 91.9 cm³/mol. The molecule has 6 nitrogen and oxygen atoms in total. The van der Waals surface area contributed by atoms with E-state index in [0.29, 0.717) is 23.4 Å². The lowest BCUT2D eigenvalue weighted by atomic mass is 10.1. The van der Waals surface area contributed by atoms with Crippen LogP contribution < -0.4 is 17.0 Å². The quantitative estimate of drug-likeness (QED) is 0.453. The maximum Gasteiger partial charge on any atom is 0.261 e. The van der Waals surface area contributed by atoms with E-state index in [0.717, 1.165) is 11.1 Å². The van der Waals surface area contributed by atoms with Crippen molar-refractivity contribution in [2.24, 2.45) is 5.73 Å². The Hall–Kier alpha value is -3.19. The summed E-state index contributed by atoms with van der Waals surface area (Å²) in [4.78, 5) is 22.5. The molecule has 0 aliphatic rings. The van der Waals surface area contributed by atoms with Crippen molar-refractivity contribution in [1.82, 2.24) is 15.0 Å². The van der Waals surface area contributed by atoms with E-state index in [2.05, 4.69) is 15.0 Å². The monoisotopic (exact) mass is 323 g/mol. The molecule has 4 aromatic rings. The van der Waals surface area contributed by atoms with Crippen molar-refractivity contribution in [2.75, 3.05) is 5.73 Å². The van der Waals surface area contributed by atoms with Gasteiger partial charge in [-0.1, -0.05) is 12.1 Å². The molecule has 0 aliphatic heterocycles. The molecule has 0 saturated heterocycles. The summed E-state index contributed by atoms with van der Waals surface area (Å²) < 4.78 is 14.1. The van der Waals surface area contributed by atoms with Crippen LogP contribution in [0.1, 0.15) is 5.56 Å². The summed E-state index contributed by atoms with van der Waals surface area (Å²) in [5, 5.41) is 0.176. The Morgan fingerprint density at radius 1 is 1.12 bits per heavy atom. The van der Waals surface area contributed by atoms with Crippen LogP contribution in [0.5, 0.6) is 0 Å². The van der Waals surface area contributed by atoms with Crippen LogP contribution in [-0.2, 0) is 6.54 Å². The van der Waals surface area contributed by atoms with Gasteiger partial charge in [0.25, 0.3) is 5.56 Å². The molecule has 2 aromatic heterocycles. The minimum absolute atomic E-state index is 0.0601. The van der Waals surface area contributed by atoms with Gasteiger partial charge in [0, 0.05) is 6.54 Å². The summed E-state index contributed by atoms with van der Waals surface area (Å²) in [7, 11) is 0. The topological polar surface area (TPSA) is 114 Å². The molecule has 0 bridgehead atoms. The molecule has 7 heteroatoms. The Morgan fingerprint density at radius 3 is 2.75 bits per heavy atom. The number of anilines is 1. The van der Waals surface area contributed by atoms with Gasteiger partial charge >= 0.3 is 0 Å². The molecule has 4 rings (SSSR count). The zero-order chi connectivity index (χ0) is 16.8. The molecule has 0 aliphatic carbocycles. The van der Waals surface area contributed by atoms with Crippen LogP contribution in [0.2, 0.25) is 0 Å². The summed E-state index contributed by atoms with van der Waals surface area (Å²) in [5.41, 5.74) is 14.2. The number of nitrogens with two attached hydrogens (primary N) is 2. The maximum atomic E-state index is 14.1. The summed E-state index contributed by atoms with van der Waals surface area (Å²) >= 11 is 0. The van der Waals surface area contributed by atoms with Crippen molar-refractivity contribution in [3.05, 3.63) is 58.1 Å². The standard InChI is InChI=1S/C17H14FN5O/c18-9-2-1-3-11-13(9)15(20)14(17(24)23-11)16-21-10-5-4-8(7-19)6-12(10)22-16/h1-6H,7,19H2,(H,21,22)(H3,20,23,24). The van der Waals surface area contributed by atoms with Crippen LogP contribution in [0.15, 0.2) is 41.2 Å². The highest BCUT2D eigenvalue weighted by atomic mass is 19.1. The van der Waals surface area contributed by atoms with Gasteiger partial charge in [-0.15, -0.1) is 0 Å². The molecular weight excluding hydrogens is 309 g/mol. The third-order valence-corrected chi connectivity index (χ3v) is 4.05. The molecule has 120 valence electrons. The molecule has 2 heterocycles. The zero-order valence-electron chi connectivity index (χ0n) is 12.6. The van der Waals surface area contributed by atoms with E-state index in [1.54, 1.807) is 6.07 Å². The SMILES string of the molecule is NCc1ccc2nc(-c3c(N)c4c(F)cccc4[nH]c3=O)[nH]c2c1. The molecule has 0 fully saturated rings. The van der Waals surface area contributed by atoms with Crippen molar-refractivity contribution in [1.29, 1.82) is 0 Å². The van der Waals surface area contributed by atoms with Crippen LogP contribution in [0.25, 0.3) is 33.3 Å². The number of hydrogen-bond donors (Lipinski definition) is 4. The number of hydrogen-bond acceptors (Lipinski definition) is 4. The number of imidazole rings is 1. The average molecular weight is 323 g/mol. The third-order valence-electron chi connectivity index (χ3n) is 4.05. The number of fused-ring (bicyclic) bond motifs is 2. The fraction of sp³-hybridized carbons (Fsp3) is 0.0588. The molecular formula is C17H14FN5O. The van der Waals surface area contributed by atoms with Gasteiger partial charge in [-0.05, 0) is 29.8 Å². The first-order chi connectivity index (χ1) is 11.6. The second-order valence-corrected chi connectivity index (χ2v) is 5.55. The normalized spacial score (nSPS) is 11.4. The third kappa shape index (κ3) is 2.06. The number of nitrogens with zero attached hydrogens (tertiary/aromatic N) is 1. The molecule has 0 amide bonds. The first kappa shape index (κ1) is 14.4. The molecule has 0 atom stereocenters. The molecule has 6 N–H and O–H groups in total. The van der Waals surface area contributed by atoms with Crippen molar-refractivity contribution in [3.63, 3.8) is 0 Å². The second kappa shape index (κ2) is 5.17. The molecule has 24 heavy (non-hydrogen) atoms. The van der Waals surface area contributed by atoms with E-state index in [-0.39, 0.29) is 16.6 Å². The minimum Gasteiger partial charge on any atom is -0.397 e. The second-order valence-electron chi connectivity index (χ2n) is 5.55. The zero-order valence-corrected chi connectivity index (χ0v) is 12.6. The summed E-state index contributed by atoms with van der Waals surface area (Å²) in [5.74, 6) is -0.202. The minimum atomic E-state index is -0.496. The van der Waals surface area contributed by atoms with E-state index in [4.69, 9.17) is 11.5 Å². The summed E-state index contributed by atoms with van der Waals surface area (Å²) in [6.07, 6.45) is 0. The summed E-state index contributed by atoms with van der Waals surface area (Å²) in [6, 6.07) is 9.95. The highest BCUT2D eigenvalue weighted by Crippen LogP contribution is 2.29. The van der Waals surface area contributed by atoms with Crippen LogP contribution >= 0.6 is 0 Å². The van der Waals surface area contributed by atoms with Gasteiger partial charge in [0.05, 0.1) is 27.6 Å². The maximum absolute atomic E-state index is 14.1. The van der Waals surface area contributed by atoms with Crippen molar-refractivity contribution < 1.29 is 4.39 Å². The largest absolute Gasteiger partial charge is 0.397 e. The molecule has 0 saturated carbocycles. The molecule has 0 radical (unpaired) electrons.